The number of halogens is 1. The highest BCUT2D eigenvalue weighted by Gasteiger charge is 2.32. The molecule has 16 heavy (non-hydrogen) atoms. The van der Waals surface area contributed by atoms with E-state index < -0.39 is 5.06 Å². The predicted octanol–water partition coefficient (Wildman–Crippen LogP) is 3.40. The Hall–Kier alpha value is -0.860. The van der Waals surface area contributed by atoms with Crippen LogP contribution in [0.25, 0.3) is 0 Å². The molecule has 2 nitrogen and oxygen atoms in total. The first-order valence-electron chi connectivity index (χ1n) is 5.16. The van der Waals surface area contributed by atoms with Crippen molar-refractivity contribution in [2.75, 3.05) is 7.11 Å². The van der Waals surface area contributed by atoms with E-state index in [1.54, 1.807) is 6.92 Å². The van der Waals surface area contributed by atoms with Crippen LogP contribution in [-0.2, 0) is 4.74 Å². The van der Waals surface area contributed by atoms with Crippen molar-refractivity contribution in [3.8, 4) is 0 Å². The average molecular weight is 241 g/mol. The Morgan fingerprint density at radius 1 is 1.25 bits per heavy atom. The number of hydrogen-bond donors (Lipinski definition) is 0. The number of rotatable bonds is 3. The Bertz CT molecular complexity index is 399. The Morgan fingerprint density at radius 2 is 1.69 bits per heavy atom. The van der Waals surface area contributed by atoms with Crippen molar-refractivity contribution < 1.29 is 9.53 Å². The summed E-state index contributed by atoms with van der Waals surface area (Å²) >= 11 is 6.02. The molecule has 0 saturated carbocycles. The molecule has 0 radical (unpaired) electrons. The molecular weight excluding hydrogens is 224 g/mol. The van der Waals surface area contributed by atoms with E-state index in [2.05, 4.69) is 0 Å². The summed E-state index contributed by atoms with van der Waals surface area (Å²) in [5.41, 5.74) is 3.67. The summed E-state index contributed by atoms with van der Waals surface area (Å²) in [6.45, 7) is 7.39. The van der Waals surface area contributed by atoms with E-state index in [4.69, 9.17) is 16.3 Å². The zero-order valence-electron chi connectivity index (χ0n) is 10.3. The van der Waals surface area contributed by atoms with Gasteiger partial charge in [-0.3, -0.25) is 4.79 Å². The van der Waals surface area contributed by atoms with Crippen LogP contribution in [0.4, 0.5) is 0 Å². The van der Waals surface area contributed by atoms with Gasteiger partial charge in [0.2, 0.25) is 10.8 Å². The van der Waals surface area contributed by atoms with Crippen molar-refractivity contribution >= 4 is 17.4 Å². The van der Waals surface area contributed by atoms with Crippen LogP contribution < -0.4 is 0 Å². The second kappa shape index (κ2) is 4.56. The monoisotopic (exact) mass is 240 g/mol. The van der Waals surface area contributed by atoms with Gasteiger partial charge in [0.15, 0.2) is 0 Å². The van der Waals surface area contributed by atoms with Gasteiger partial charge in [-0.15, -0.1) is 0 Å². The molecule has 0 aliphatic heterocycles. The molecule has 0 aliphatic rings. The van der Waals surface area contributed by atoms with Gasteiger partial charge in [0, 0.05) is 12.7 Å². The van der Waals surface area contributed by atoms with E-state index in [1.807, 2.05) is 32.9 Å². The van der Waals surface area contributed by atoms with Gasteiger partial charge < -0.3 is 4.74 Å². The van der Waals surface area contributed by atoms with Gasteiger partial charge in [0.1, 0.15) is 0 Å². The molecule has 0 amide bonds. The van der Waals surface area contributed by atoms with Crippen molar-refractivity contribution in [3.63, 3.8) is 0 Å². The maximum absolute atomic E-state index is 12.2. The summed E-state index contributed by atoms with van der Waals surface area (Å²) < 4.78 is 5.01. The Balaban J connectivity index is 3.30. The molecule has 0 spiro atoms. The third kappa shape index (κ3) is 2.45. The minimum Gasteiger partial charge on any atom is -0.356 e. The maximum Gasteiger partial charge on any atom is 0.210 e. The predicted molar refractivity (Wildman–Crippen MR) is 66.3 cm³/mol. The van der Waals surface area contributed by atoms with Gasteiger partial charge >= 0.3 is 0 Å². The van der Waals surface area contributed by atoms with E-state index in [9.17, 15) is 4.79 Å². The number of ether oxygens (including phenoxy) is 1. The number of hydrogen-bond acceptors (Lipinski definition) is 2. The SMILES string of the molecule is COC(C)(Cl)C(=O)c1c(C)cc(C)cc1C. The number of carbonyl (C=O) groups is 1. The molecule has 1 aromatic carbocycles. The third-order valence-electron chi connectivity index (χ3n) is 2.69. The van der Waals surface area contributed by atoms with Crippen LogP contribution in [0.1, 0.15) is 34.0 Å². The fourth-order valence-electron chi connectivity index (χ4n) is 1.85. The van der Waals surface area contributed by atoms with E-state index in [-0.39, 0.29) is 5.78 Å². The van der Waals surface area contributed by atoms with Crippen LogP contribution in [0, 0.1) is 20.8 Å². The zero-order chi connectivity index (χ0) is 12.5. The van der Waals surface area contributed by atoms with E-state index in [1.165, 1.54) is 7.11 Å². The van der Waals surface area contributed by atoms with Crippen molar-refractivity contribution in [2.24, 2.45) is 0 Å². The molecule has 1 aromatic rings. The summed E-state index contributed by atoms with van der Waals surface area (Å²) in [6.07, 6.45) is 0. The topological polar surface area (TPSA) is 26.3 Å². The first kappa shape index (κ1) is 13.2. The standard InChI is InChI=1S/C13H17ClO2/c1-8-6-9(2)11(10(3)7-8)12(15)13(4,14)16-5/h6-7H,1-5H3. The van der Waals surface area contributed by atoms with Crippen LogP contribution >= 0.6 is 11.6 Å². The molecule has 0 aliphatic carbocycles. The van der Waals surface area contributed by atoms with Crippen LogP contribution in [0.5, 0.6) is 0 Å². The fourth-order valence-corrected chi connectivity index (χ4v) is 1.95. The Kier molecular flexibility index (Phi) is 3.76. The van der Waals surface area contributed by atoms with Crippen LogP contribution in [-0.4, -0.2) is 18.0 Å². The second-order valence-electron chi connectivity index (χ2n) is 4.22. The number of methoxy groups -OCH3 is 1. The van der Waals surface area contributed by atoms with E-state index in [0.717, 1.165) is 16.7 Å². The molecule has 1 rings (SSSR count). The number of aryl methyl sites for hydroxylation is 3. The molecular formula is C13H17ClO2. The molecule has 1 unspecified atom stereocenters. The maximum atomic E-state index is 12.2. The number of ketones is 1. The fraction of sp³-hybridized carbons (Fsp3) is 0.462. The Morgan fingerprint density at radius 3 is 2.06 bits per heavy atom. The highest BCUT2D eigenvalue weighted by molar-refractivity contribution is 6.36. The molecule has 0 heterocycles. The van der Waals surface area contributed by atoms with Crippen molar-refractivity contribution in [1.82, 2.24) is 0 Å². The lowest BCUT2D eigenvalue weighted by atomic mass is 9.94. The van der Waals surface area contributed by atoms with Gasteiger partial charge in [0.05, 0.1) is 0 Å². The largest absolute Gasteiger partial charge is 0.356 e. The first-order chi connectivity index (χ1) is 7.29. The molecule has 0 bridgehead atoms. The van der Waals surface area contributed by atoms with Crippen LogP contribution in [0.15, 0.2) is 12.1 Å². The summed E-state index contributed by atoms with van der Waals surface area (Å²) in [5, 5.41) is -1.29. The van der Waals surface area contributed by atoms with Gasteiger partial charge in [-0.1, -0.05) is 29.3 Å². The zero-order valence-corrected chi connectivity index (χ0v) is 11.1. The van der Waals surface area contributed by atoms with Crippen LogP contribution in [0.2, 0.25) is 0 Å². The quantitative estimate of drug-likeness (QED) is 0.598. The molecule has 0 saturated heterocycles. The molecule has 1 atom stereocenters. The van der Waals surface area contributed by atoms with Gasteiger partial charge in [0.25, 0.3) is 0 Å². The normalized spacial score (nSPS) is 14.6. The van der Waals surface area contributed by atoms with E-state index >= 15 is 0 Å². The van der Waals surface area contributed by atoms with Crippen LogP contribution in [0.3, 0.4) is 0 Å². The van der Waals surface area contributed by atoms with Gasteiger partial charge in [-0.05, 0) is 38.8 Å². The molecule has 3 heteroatoms. The first-order valence-corrected chi connectivity index (χ1v) is 5.54. The van der Waals surface area contributed by atoms with Crippen molar-refractivity contribution in [1.29, 1.82) is 0 Å². The van der Waals surface area contributed by atoms with Crippen molar-refractivity contribution in [3.05, 3.63) is 34.4 Å². The summed E-state index contributed by atoms with van der Waals surface area (Å²) in [6, 6.07) is 3.95. The van der Waals surface area contributed by atoms with E-state index in [0.29, 0.717) is 5.56 Å². The lowest BCUT2D eigenvalue weighted by Gasteiger charge is -2.21. The van der Waals surface area contributed by atoms with Gasteiger partial charge in [-0.25, -0.2) is 0 Å². The number of benzene rings is 1. The Labute approximate surface area is 102 Å². The molecule has 0 aromatic heterocycles. The molecule has 88 valence electrons. The number of alkyl halides is 1. The number of Topliss-reactive ketones (excluding diaryl/α,β-unsaturated/α-hetero) is 1. The summed E-state index contributed by atoms with van der Waals surface area (Å²) in [7, 11) is 1.43. The average Bonchev–Trinajstić information content (AvgIpc) is 2.15. The minimum absolute atomic E-state index is 0.188. The highest BCUT2D eigenvalue weighted by atomic mass is 35.5. The third-order valence-corrected chi connectivity index (χ3v) is 3.02. The summed E-state index contributed by atoms with van der Waals surface area (Å²) in [5.74, 6) is -0.188. The minimum atomic E-state index is -1.29. The van der Waals surface area contributed by atoms with Crippen molar-refractivity contribution in [2.45, 2.75) is 32.8 Å². The molecule has 0 N–H and O–H groups in total. The highest BCUT2D eigenvalue weighted by Crippen LogP contribution is 2.26. The van der Waals surface area contributed by atoms with Gasteiger partial charge in [-0.2, -0.15) is 0 Å². The summed E-state index contributed by atoms with van der Waals surface area (Å²) in [4.78, 5) is 12.2. The smallest absolute Gasteiger partial charge is 0.210 e. The number of carbonyl (C=O) groups excluding carboxylic acids is 1. The molecule has 0 fully saturated rings. The second-order valence-corrected chi connectivity index (χ2v) is 4.95. The lowest BCUT2D eigenvalue weighted by Crippen LogP contribution is -2.32. The lowest BCUT2D eigenvalue weighted by molar-refractivity contribution is 0.0513.